The smallest absolute Gasteiger partial charge is 0.290 e. The summed E-state index contributed by atoms with van der Waals surface area (Å²) in [4.78, 5) is 17.0. The summed E-state index contributed by atoms with van der Waals surface area (Å²) in [7, 11) is 0. The number of hydrogen-bond donors (Lipinski definition) is 2. The van der Waals surface area contributed by atoms with Gasteiger partial charge in [0, 0.05) is 12.5 Å². The van der Waals surface area contributed by atoms with E-state index in [4.69, 9.17) is 11.6 Å². The molecule has 1 aromatic carbocycles. The van der Waals surface area contributed by atoms with Gasteiger partial charge in [-0.3, -0.25) is 4.79 Å². The van der Waals surface area contributed by atoms with E-state index in [1.54, 1.807) is 4.68 Å². The average Bonchev–Trinajstić information content (AvgIpc) is 3.15. The van der Waals surface area contributed by atoms with Crippen LogP contribution in [-0.2, 0) is 0 Å². The molecule has 0 bridgehead atoms. The minimum Gasteiger partial charge on any atom is -0.349 e. The van der Waals surface area contributed by atoms with Crippen LogP contribution >= 0.6 is 11.6 Å². The lowest BCUT2D eigenvalue weighted by Crippen LogP contribution is -2.27. The van der Waals surface area contributed by atoms with Gasteiger partial charge in [-0.15, -0.1) is 5.10 Å². The molecule has 2 aliphatic rings. The molecule has 0 radical (unpaired) electrons. The van der Waals surface area contributed by atoms with Crippen LogP contribution in [0, 0.1) is 5.92 Å². The Bertz CT molecular complexity index is 765. The van der Waals surface area contributed by atoms with Crippen molar-refractivity contribution >= 4 is 17.5 Å². The summed E-state index contributed by atoms with van der Waals surface area (Å²) in [6, 6.07) is 7.52. The third-order valence-electron chi connectivity index (χ3n) is 4.86. The van der Waals surface area contributed by atoms with E-state index in [1.807, 2.05) is 24.3 Å². The molecule has 0 spiro atoms. The number of benzene rings is 1. The van der Waals surface area contributed by atoms with Crippen molar-refractivity contribution in [2.24, 2.45) is 5.92 Å². The van der Waals surface area contributed by atoms with Gasteiger partial charge in [0.05, 0.1) is 10.7 Å². The second-order valence-electron chi connectivity index (χ2n) is 6.83. The fourth-order valence-electron chi connectivity index (χ4n) is 3.26. The molecule has 2 N–H and O–H groups in total. The second-order valence-corrected chi connectivity index (χ2v) is 7.24. The Hall–Kier alpha value is -1.92. The third kappa shape index (κ3) is 3.70. The first kappa shape index (κ1) is 16.5. The van der Waals surface area contributed by atoms with Gasteiger partial charge in [0.25, 0.3) is 5.91 Å². The monoisotopic (exact) mass is 359 g/mol. The minimum absolute atomic E-state index is 0.210. The fourth-order valence-corrected chi connectivity index (χ4v) is 3.47. The van der Waals surface area contributed by atoms with Crippen LogP contribution in [0.4, 0.5) is 0 Å². The van der Waals surface area contributed by atoms with Gasteiger partial charge in [-0.05, 0) is 56.8 Å². The number of amides is 1. The zero-order valence-corrected chi connectivity index (χ0v) is 14.8. The van der Waals surface area contributed by atoms with Crippen molar-refractivity contribution < 1.29 is 4.79 Å². The highest BCUT2D eigenvalue weighted by Gasteiger charge is 2.32. The quantitative estimate of drug-likeness (QED) is 0.831. The molecule has 2 fully saturated rings. The summed E-state index contributed by atoms with van der Waals surface area (Å²) in [5, 5.41) is 11.4. The van der Waals surface area contributed by atoms with Crippen LogP contribution in [0.2, 0.25) is 5.02 Å². The van der Waals surface area contributed by atoms with E-state index in [2.05, 4.69) is 20.7 Å². The maximum atomic E-state index is 12.4. The summed E-state index contributed by atoms with van der Waals surface area (Å²) >= 11 is 6.31. The predicted octanol–water partition coefficient (Wildman–Crippen LogP) is 2.53. The normalized spacial score (nSPS) is 20.0. The number of nitrogens with one attached hydrogen (secondary N) is 2. The Morgan fingerprint density at radius 1 is 1.32 bits per heavy atom. The number of carbonyl (C=O) groups excluding carboxylic acids is 1. The van der Waals surface area contributed by atoms with Gasteiger partial charge in [-0.1, -0.05) is 23.7 Å². The second kappa shape index (κ2) is 7.14. The molecule has 25 heavy (non-hydrogen) atoms. The molecule has 2 heterocycles. The van der Waals surface area contributed by atoms with Crippen LogP contribution in [0.1, 0.15) is 48.0 Å². The van der Waals surface area contributed by atoms with Crippen LogP contribution in [0.5, 0.6) is 0 Å². The van der Waals surface area contributed by atoms with Crippen molar-refractivity contribution in [2.45, 2.75) is 31.6 Å². The molecular formula is C18H22ClN5O. The molecular weight excluding hydrogens is 338 g/mol. The standard InChI is InChI=1S/C18H22ClN5O/c19-14-3-1-2-4-15(14)24-17(13-5-6-13)22-16(23-24)18(25)21-10-8-12-7-9-20-11-12/h1-4,12-13,20H,5-11H2,(H,21,25). The number of para-hydroxylation sites is 1. The summed E-state index contributed by atoms with van der Waals surface area (Å²) in [6.45, 7) is 2.78. The van der Waals surface area contributed by atoms with Crippen molar-refractivity contribution in [1.29, 1.82) is 0 Å². The van der Waals surface area contributed by atoms with E-state index >= 15 is 0 Å². The summed E-state index contributed by atoms with van der Waals surface area (Å²) < 4.78 is 1.73. The number of nitrogens with zero attached hydrogens (tertiary/aromatic N) is 3. The fraction of sp³-hybridized carbons (Fsp3) is 0.500. The van der Waals surface area contributed by atoms with Gasteiger partial charge in [0.15, 0.2) is 0 Å². The summed E-state index contributed by atoms with van der Waals surface area (Å²) in [5.74, 6) is 1.87. The Kier molecular flexibility index (Phi) is 4.72. The molecule has 1 aliphatic heterocycles. The number of hydrogen-bond acceptors (Lipinski definition) is 4. The molecule has 1 saturated heterocycles. The Morgan fingerprint density at radius 2 is 2.16 bits per heavy atom. The molecule has 1 amide bonds. The van der Waals surface area contributed by atoms with Gasteiger partial charge >= 0.3 is 0 Å². The van der Waals surface area contributed by atoms with Gasteiger partial charge in [0.2, 0.25) is 5.82 Å². The van der Waals surface area contributed by atoms with E-state index in [-0.39, 0.29) is 11.7 Å². The lowest BCUT2D eigenvalue weighted by atomic mass is 10.1. The van der Waals surface area contributed by atoms with E-state index in [1.165, 1.54) is 6.42 Å². The number of aromatic nitrogens is 3. The van der Waals surface area contributed by atoms with E-state index in [9.17, 15) is 4.79 Å². The largest absolute Gasteiger partial charge is 0.349 e. The van der Waals surface area contributed by atoms with Crippen molar-refractivity contribution in [3.8, 4) is 5.69 Å². The van der Waals surface area contributed by atoms with E-state index in [0.717, 1.165) is 43.9 Å². The molecule has 1 unspecified atom stereocenters. The first-order valence-electron chi connectivity index (χ1n) is 8.93. The van der Waals surface area contributed by atoms with Crippen LogP contribution in [-0.4, -0.2) is 40.3 Å². The SMILES string of the molecule is O=C(NCCC1CCNC1)c1nc(C2CC2)n(-c2ccccc2Cl)n1. The van der Waals surface area contributed by atoms with Crippen molar-refractivity contribution in [3.63, 3.8) is 0 Å². The highest BCUT2D eigenvalue weighted by Crippen LogP contribution is 2.40. The third-order valence-corrected chi connectivity index (χ3v) is 5.18. The van der Waals surface area contributed by atoms with Crippen LogP contribution in [0.25, 0.3) is 5.69 Å². The first-order valence-corrected chi connectivity index (χ1v) is 9.31. The molecule has 1 aliphatic carbocycles. The lowest BCUT2D eigenvalue weighted by Gasteiger charge is -2.08. The number of rotatable bonds is 6. The average molecular weight is 360 g/mol. The van der Waals surface area contributed by atoms with Gasteiger partial charge < -0.3 is 10.6 Å². The molecule has 1 atom stereocenters. The lowest BCUT2D eigenvalue weighted by molar-refractivity contribution is 0.0941. The zero-order valence-electron chi connectivity index (χ0n) is 14.0. The zero-order chi connectivity index (χ0) is 17.2. The maximum Gasteiger partial charge on any atom is 0.290 e. The Labute approximate surface area is 152 Å². The summed E-state index contributed by atoms with van der Waals surface area (Å²) in [6.07, 6.45) is 4.33. The molecule has 1 aromatic heterocycles. The maximum absolute atomic E-state index is 12.4. The van der Waals surface area contributed by atoms with Crippen LogP contribution < -0.4 is 10.6 Å². The van der Waals surface area contributed by atoms with Crippen LogP contribution in [0.15, 0.2) is 24.3 Å². The van der Waals surface area contributed by atoms with Gasteiger partial charge in [-0.2, -0.15) is 0 Å². The van der Waals surface area contributed by atoms with Gasteiger partial charge in [0.1, 0.15) is 5.82 Å². The molecule has 4 rings (SSSR count). The Morgan fingerprint density at radius 3 is 2.88 bits per heavy atom. The Balaban J connectivity index is 1.49. The summed E-state index contributed by atoms with van der Waals surface area (Å²) in [5.41, 5.74) is 0.773. The van der Waals surface area contributed by atoms with Crippen LogP contribution in [0.3, 0.4) is 0 Å². The highest BCUT2D eigenvalue weighted by atomic mass is 35.5. The van der Waals surface area contributed by atoms with Crippen molar-refractivity contribution in [1.82, 2.24) is 25.4 Å². The van der Waals surface area contributed by atoms with Crippen molar-refractivity contribution in [2.75, 3.05) is 19.6 Å². The predicted molar refractivity (Wildman–Crippen MR) is 96.3 cm³/mol. The number of halogens is 1. The van der Waals surface area contributed by atoms with Gasteiger partial charge in [-0.25, -0.2) is 9.67 Å². The number of carbonyl (C=O) groups is 1. The molecule has 6 nitrogen and oxygen atoms in total. The molecule has 1 saturated carbocycles. The molecule has 7 heteroatoms. The molecule has 2 aromatic rings. The highest BCUT2D eigenvalue weighted by molar-refractivity contribution is 6.32. The van der Waals surface area contributed by atoms with E-state index < -0.39 is 0 Å². The first-order chi connectivity index (χ1) is 12.2. The molecule has 132 valence electrons. The topological polar surface area (TPSA) is 71.8 Å². The van der Waals surface area contributed by atoms with E-state index in [0.29, 0.717) is 23.4 Å². The van der Waals surface area contributed by atoms with Crippen molar-refractivity contribution in [3.05, 3.63) is 40.9 Å². The minimum atomic E-state index is -0.210.